The van der Waals surface area contributed by atoms with E-state index in [1.807, 2.05) is 12.1 Å². The van der Waals surface area contributed by atoms with Gasteiger partial charge >= 0.3 is 0 Å². The van der Waals surface area contributed by atoms with Crippen molar-refractivity contribution >= 4 is 11.6 Å². The molecular formula is C18H29ClO2. The quantitative estimate of drug-likeness (QED) is 0.497. The minimum absolute atomic E-state index is 0.161. The van der Waals surface area contributed by atoms with E-state index in [4.69, 9.17) is 21.1 Å². The third kappa shape index (κ3) is 7.19. The predicted octanol–water partition coefficient (Wildman–Crippen LogP) is 5.38. The Bertz CT molecular complexity index is 416. The minimum atomic E-state index is -0.269. The molecular weight excluding hydrogens is 284 g/mol. The monoisotopic (exact) mass is 312 g/mol. The molecule has 0 aliphatic rings. The van der Waals surface area contributed by atoms with Gasteiger partial charge in [-0.25, -0.2) is 0 Å². The number of hydrogen-bond donors (Lipinski definition) is 0. The second-order valence-corrected chi connectivity index (χ2v) is 8.02. The van der Waals surface area contributed by atoms with Crippen molar-refractivity contribution in [2.45, 2.75) is 58.9 Å². The highest BCUT2D eigenvalue weighted by atomic mass is 35.5. The molecule has 0 heterocycles. The molecule has 0 aliphatic carbocycles. The van der Waals surface area contributed by atoms with Gasteiger partial charge in [-0.2, -0.15) is 0 Å². The Balaban J connectivity index is 2.57. The fourth-order valence-electron chi connectivity index (χ4n) is 2.80. The lowest BCUT2D eigenvalue weighted by atomic mass is 9.72. The van der Waals surface area contributed by atoms with Crippen LogP contribution in [0.25, 0.3) is 0 Å². The SMILES string of the molecule is CC(Cl)OCCOc1ccc(C(C)(C)CC(C)(C)C)cc1. The number of rotatable bonds is 7. The maximum Gasteiger partial charge on any atom is 0.128 e. The summed E-state index contributed by atoms with van der Waals surface area (Å²) in [4.78, 5) is 0. The second-order valence-electron chi connectivity index (χ2n) is 7.41. The molecule has 0 radical (unpaired) electrons. The molecule has 0 saturated heterocycles. The fraction of sp³-hybridized carbons (Fsp3) is 0.667. The lowest BCUT2D eigenvalue weighted by molar-refractivity contribution is 0.0878. The van der Waals surface area contributed by atoms with E-state index in [1.165, 1.54) is 5.56 Å². The third-order valence-electron chi connectivity index (χ3n) is 3.31. The molecule has 1 aromatic rings. The first-order chi connectivity index (χ1) is 9.60. The summed E-state index contributed by atoms with van der Waals surface area (Å²) >= 11 is 5.71. The molecule has 0 spiro atoms. The van der Waals surface area contributed by atoms with Gasteiger partial charge in [-0.1, -0.05) is 58.4 Å². The number of hydrogen-bond acceptors (Lipinski definition) is 2. The van der Waals surface area contributed by atoms with E-state index in [0.29, 0.717) is 18.6 Å². The van der Waals surface area contributed by atoms with Gasteiger partial charge in [0.25, 0.3) is 0 Å². The van der Waals surface area contributed by atoms with Crippen molar-refractivity contribution in [3.8, 4) is 5.75 Å². The number of halogens is 1. The van der Waals surface area contributed by atoms with Crippen molar-refractivity contribution in [3.63, 3.8) is 0 Å². The van der Waals surface area contributed by atoms with Crippen LogP contribution in [-0.4, -0.2) is 18.8 Å². The first kappa shape index (κ1) is 18.3. The van der Waals surface area contributed by atoms with Gasteiger partial charge < -0.3 is 9.47 Å². The van der Waals surface area contributed by atoms with Crippen molar-refractivity contribution in [2.75, 3.05) is 13.2 Å². The van der Waals surface area contributed by atoms with E-state index in [2.05, 4.69) is 46.8 Å². The van der Waals surface area contributed by atoms with Gasteiger partial charge in [-0.3, -0.25) is 0 Å². The Kier molecular flexibility index (Phi) is 6.55. The number of ether oxygens (including phenoxy) is 2. The maximum absolute atomic E-state index is 5.71. The first-order valence-electron chi connectivity index (χ1n) is 7.59. The Morgan fingerprint density at radius 3 is 2.05 bits per heavy atom. The van der Waals surface area contributed by atoms with Crippen LogP contribution in [0.3, 0.4) is 0 Å². The summed E-state index contributed by atoms with van der Waals surface area (Å²) in [5.74, 6) is 0.871. The molecule has 21 heavy (non-hydrogen) atoms. The Morgan fingerprint density at radius 2 is 1.57 bits per heavy atom. The van der Waals surface area contributed by atoms with Crippen LogP contribution in [0.5, 0.6) is 5.75 Å². The zero-order chi connectivity index (χ0) is 16.1. The molecule has 1 rings (SSSR count). The molecule has 0 N–H and O–H groups in total. The van der Waals surface area contributed by atoms with Gasteiger partial charge in [0.05, 0.1) is 6.61 Å². The Morgan fingerprint density at radius 1 is 1.00 bits per heavy atom. The molecule has 0 fully saturated rings. The molecule has 0 saturated carbocycles. The highest BCUT2D eigenvalue weighted by molar-refractivity contribution is 6.19. The molecule has 0 amide bonds. The van der Waals surface area contributed by atoms with Gasteiger partial charge in [-0.15, -0.1) is 0 Å². The largest absolute Gasteiger partial charge is 0.491 e. The standard InChI is InChI=1S/C18H29ClO2/c1-14(19)20-11-12-21-16-9-7-15(8-10-16)18(5,6)13-17(2,3)4/h7-10,14H,11-13H2,1-6H3. The normalized spacial score (nSPS) is 14.0. The summed E-state index contributed by atoms with van der Waals surface area (Å²) < 4.78 is 10.9. The van der Waals surface area contributed by atoms with Crippen LogP contribution < -0.4 is 4.74 Å². The van der Waals surface area contributed by atoms with Crippen LogP contribution in [0.2, 0.25) is 0 Å². The van der Waals surface area contributed by atoms with Gasteiger partial charge in [0.15, 0.2) is 0 Å². The highest BCUT2D eigenvalue weighted by Gasteiger charge is 2.27. The van der Waals surface area contributed by atoms with Gasteiger partial charge in [0.1, 0.15) is 17.9 Å². The molecule has 0 bridgehead atoms. The number of benzene rings is 1. The third-order valence-corrected chi connectivity index (χ3v) is 3.43. The van der Waals surface area contributed by atoms with Crippen molar-refractivity contribution in [2.24, 2.45) is 5.41 Å². The zero-order valence-electron chi connectivity index (χ0n) is 14.2. The van der Waals surface area contributed by atoms with Gasteiger partial charge in [0.2, 0.25) is 0 Å². The van der Waals surface area contributed by atoms with Crippen LogP contribution in [0.15, 0.2) is 24.3 Å². The van der Waals surface area contributed by atoms with Gasteiger partial charge in [-0.05, 0) is 41.9 Å². The maximum atomic E-state index is 5.71. The zero-order valence-corrected chi connectivity index (χ0v) is 15.0. The lowest BCUT2D eigenvalue weighted by Crippen LogP contribution is -2.24. The van der Waals surface area contributed by atoms with Crippen molar-refractivity contribution in [3.05, 3.63) is 29.8 Å². The van der Waals surface area contributed by atoms with E-state index in [1.54, 1.807) is 6.92 Å². The summed E-state index contributed by atoms with van der Waals surface area (Å²) in [5, 5.41) is 0. The lowest BCUT2D eigenvalue weighted by Gasteiger charge is -2.33. The minimum Gasteiger partial charge on any atom is -0.491 e. The fourth-order valence-corrected chi connectivity index (χ4v) is 2.89. The van der Waals surface area contributed by atoms with E-state index in [-0.39, 0.29) is 11.0 Å². The van der Waals surface area contributed by atoms with Crippen LogP contribution in [0.4, 0.5) is 0 Å². The topological polar surface area (TPSA) is 18.5 Å². The van der Waals surface area contributed by atoms with E-state index < -0.39 is 0 Å². The molecule has 3 heteroatoms. The summed E-state index contributed by atoms with van der Waals surface area (Å²) in [6.45, 7) is 14.3. The molecule has 0 aromatic heterocycles. The average molecular weight is 313 g/mol. The van der Waals surface area contributed by atoms with Crippen LogP contribution in [-0.2, 0) is 10.2 Å². The molecule has 0 aliphatic heterocycles. The van der Waals surface area contributed by atoms with Crippen LogP contribution >= 0.6 is 11.6 Å². The van der Waals surface area contributed by atoms with Crippen molar-refractivity contribution in [1.82, 2.24) is 0 Å². The average Bonchev–Trinajstić information content (AvgIpc) is 2.32. The first-order valence-corrected chi connectivity index (χ1v) is 8.03. The Labute approximate surface area is 134 Å². The molecule has 2 nitrogen and oxygen atoms in total. The summed E-state index contributed by atoms with van der Waals surface area (Å²) in [6.07, 6.45) is 1.14. The molecule has 1 atom stereocenters. The summed E-state index contributed by atoms with van der Waals surface area (Å²) in [7, 11) is 0. The van der Waals surface area contributed by atoms with Gasteiger partial charge in [0, 0.05) is 0 Å². The summed E-state index contributed by atoms with van der Waals surface area (Å²) in [6, 6.07) is 8.38. The predicted molar refractivity (Wildman–Crippen MR) is 90.3 cm³/mol. The van der Waals surface area contributed by atoms with E-state index >= 15 is 0 Å². The van der Waals surface area contributed by atoms with E-state index in [0.717, 1.165) is 12.2 Å². The molecule has 120 valence electrons. The molecule has 1 unspecified atom stereocenters. The van der Waals surface area contributed by atoms with E-state index in [9.17, 15) is 0 Å². The number of alkyl halides is 1. The molecule has 1 aromatic carbocycles. The van der Waals surface area contributed by atoms with Crippen LogP contribution in [0.1, 0.15) is 53.5 Å². The van der Waals surface area contributed by atoms with Crippen molar-refractivity contribution in [1.29, 1.82) is 0 Å². The van der Waals surface area contributed by atoms with Crippen molar-refractivity contribution < 1.29 is 9.47 Å². The van der Waals surface area contributed by atoms with Crippen LogP contribution in [0, 0.1) is 5.41 Å². The highest BCUT2D eigenvalue weighted by Crippen LogP contribution is 2.36. The Hall–Kier alpha value is -0.730. The summed E-state index contributed by atoms with van der Waals surface area (Å²) in [5.41, 5.74) is 1.55. The smallest absolute Gasteiger partial charge is 0.128 e. The second kappa shape index (κ2) is 7.51.